The molecule has 2 rings (SSSR count). The fourth-order valence-electron chi connectivity index (χ4n) is 2.57. The van der Waals surface area contributed by atoms with Crippen molar-refractivity contribution in [3.8, 4) is 0 Å². The number of carbonyl (C=O) groups excluding carboxylic acids is 1. The van der Waals surface area contributed by atoms with Gasteiger partial charge < -0.3 is 15.3 Å². The van der Waals surface area contributed by atoms with Crippen molar-refractivity contribution in [3.05, 3.63) is 29.8 Å². The van der Waals surface area contributed by atoms with Crippen molar-refractivity contribution >= 4 is 11.7 Å². The summed E-state index contributed by atoms with van der Waals surface area (Å²) in [6.45, 7) is 5.33. The number of nitrogens with zero attached hydrogens (tertiary/aromatic N) is 1. The van der Waals surface area contributed by atoms with E-state index in [1.54, 1.807) is 4.90 Å². The van der Waals surface area contributed by atoms with E-state index in [1.165, 1.54) is 18.4 Å². The summed E-state index contributed by atoms with van der Waals surface area (Å²) in [5.74, 6) is 0.270. The molecule has 2 unspecified atom stereocenters. The minimum atomic E-state index is -0.416. The van der Waals surface area contributed by atoms with Gasteiger partial charge in [0, 0.05) is 18.8 Å². The molecule has 0 aliphatic carbocycles. The van der Waals surface area contributed by atoms with E-state index in [2.05, 4.69) is 24.4 Å². The van der Waals surface area contributed by atoms with Gasteiger partial charge in [0.25, 0.3) is 0 Å². The lowest BCUT2D eigenvalue weighted by Gasteiger charge is -2.34. The number of benzene rings is 1. The zero-order valence-electron chi connectivity index (χ0n) is 13.0. The predicted octanol–water partition coefficient (Wildman–Crippen LogP) is 3.26. The number of β-amino-alcohol motifs (C(OH)–C–C–N with tert-alkyl or cyclic N) is 1. The van der Waals surface area contributed by atoms with Crippen molar-refractivity contribution in [1.82, 2.24) is 4.90 Å². The van der Waals surface area contributed by atoms with Gasteiger partial charge in [0.05, 0.1) is 6.10 Å². The molecule has 1 aliphatic heterocycles. The lowest BCUT2D eigenvalue weighted by molar-refractivity contribution is 0.0464. The minimum absolute atomic E-state index is 0.123. The number of urea groups is 1. The SMILES string of the molecule is CCCCc1ccc(NC(=O)N2CCC(C)C(O)C2)cc1. The molecular weight excluding hydrogens is 264 g/mol. The van der Waals surface area contributed by atoms with Crippen LogP contribution in [0.4, 0.5) is 10.5 Å². The molecule has 0 bridgehead atoms. The quantitative estimate of drug-likeness (QED) is 0.894. The number of amides is 2. The Bertz CT molecular complexity index is 458. The zero-order valence-corrected chi connectivity index (χ0v) is 13.0. The standard InChI is InChI=1S/C17H26N2O2/c1-3-4-5-14-6-8-15(9-7-14)18-17(21)19-11-10-13(2)16(20)12-19/h6-9,13,16,20H,3-5,10-12H2,1-2H3,(H,18,21). The lowest BCUT2D eigenvalue weighted by atomic mass is 9.96. The first-order chi connectivity index (χ1) is 10.1. The van der Waals surface area contributed by atoms with Crippen LogP contribution in [0.1, 0.15) is 38.7 Å². The van der Waals surface area contributed by atoms with Gasteiger partial charge in [0.2, 0.25) is 0 Å². The van der Waals surface area contributed by atoms with Gasteiger partial charge >= 0.3 is 6.03 Å². The molecule has 0 aromatic heterocycles. The number of hydrogen-bond acceptors (Lipinski definition) is 2. The number of aryl methyl sites for hydroxylation is 1. The van der Waals surface area contributed by atoms with Gasteiger partial charge in [-0.3, -0.25) is 0 Å². The Morgan fingerprint density at radius 3 is 2.71 bits per heavy atom. The van der Waals surface area contributed by atoms with E-state index in [9.17, 15) is 9.90 Å². The Labute approximate surface area is 127 Å². The molecule has 0 spiro atoms. The number of anilines is 1. The molecule has 0 saturated carbocycles. The molecule has 1 fully saturated rings. The first-order valence-corrected chi connectivity index (χ1v) is 7.93. The number of aliphatic hydroxyl groups excluding tert-OH is 1. The van der Waals surface area contributed by atoms with Gasteiger partial charge in [-0.25, -0.2) is 4.79 Å². The monoisotopic (exact) mass is 290 g/mol. The van der Waals surface area contributed by atoms with Crippen LogP contribution in [0.5, 0.6) is 0 Å². The van der Waals surface area contributed by atoms with Crippen molar-refractivity contribution in [1.29, 1.82) is 0 Å². The van der Waals surface area contributed by atoms with E-state index < -0.39 is 6.10 Å². The third-order valence-electron chi connectivity index (χ3n) is 4.23. The van der Waals surface area contributed by atoms with E-state index >= 15 is 0 Å². The molecule has 1 aliphatic rings. The average molecular weight is 290 g/mol. The molecule has 1 saturated heterocycles. The van der Waals surface area contributed by atoms with Crippen LogP contribution in [0.15, 0.2) is 24.3 Å². The molecule has 21 heavy (non-hydrogen) atoms. The molecule has 2 atom stereocenters. The Balaban J connectivity index is 1.87. The van der Waals surface area contributed by atoms with Gasteiger partial charge in [0.15, 0.2) is 0 Å². The summed E-state index contributed by atoms with van der Waals surface area (Å²) in [7, 11) is 0. The van der Waals surface area contributed by atoms with Crippen molar-refractivity contribution in [3.63, 3.8) is 0 Å². The number of rotatable bonds is 4. The predicted molar refractivity (Wildman–Crippen MR) is 85.4 cm³/mol. The Kier molecular flexibility index (Phi) is 5.62. The highest BCUT2D eigenvalue weighted by atomic mass is 16.3. The molecule has 2 N–H and O–H groups in total. The summed E-state index contributed by atoms with van der Waals surface area (Å²) >= 11 is 0. The van der Waals surface area contributed by atoms with Crippen LogP contribution >= 0.6 is 0 Å². The molecule has 1 heterocycles. The van der Waals surface area contributed by atoms with Crippen LogP contribution in [-0.4, -0.2) is 35.2 Å². The lowest BCUT2D eigenvalue weighted by Crippen LogP contribution is -2.47. The van der Waals surface area contributed by atoms with E-state index in [0.717, 1.165) is 18.5 Å². The molecule has 4 heteroatoms. The highest BCUT2D eigenvalue weighted by Gasteiger charge is 2.27. The van der Waals surface area contributed by atoms with Crippen molar-refractivity contribution in [2.45, 2.75) is 45.6 Å². The average Bonchev–Trinajstić information content (AvgIpc) is 2.49. The summed E-state index contributed by atoms with van der Waals surface area (Å²) in [4.78, 5) is 13.9. The van der Waals surface area contributed by atoms with Crippen LogP contribution in [0.25, 0.3) is 0 Å². The van der Waals surface area contributed by atoms with Gasteiger partial charge in [-0.1, -0.05) is 32.4 Å². The van der Waals surface area contributed by atoms with Crippen LogP contribution in [0.2, 0.25) is 0 Å². The molecule has 1 aromatic rings. The molecule has 0 radical (unpaired) electrons. The Morgan fingerprint density at radius 1 is 1.38 bits per heavy atom. The van der Waals surface area contributed by atoms with E-state index in [0.29, 0.717) is 13.1 Å². The second kappa shape index (κ2) is 7.46. The fraction of sp³-hybridized carbons (Fsp3) is 0.588. The van der Waals surface area contributed by atoms with Crippen LogP contribution in [-0.2, 0) is 6.42 Å². The summed E-state index contributed by atoms with van der Waals surface area (Å²) in [6, 6.07) is 7.91. The number of unbranched alkanes of at least 4 members (excludes halogenated alkanes) is 1. The Morgan fingerprint density at radius 2 is 2.10 bits per heavy atom. The largest absolute Gasteiger partial charge is 0.391 e. The number of piperidine rings is 1. The van der Waals surface area contributed by atoms with Crippen LogP contribution in [0.3, 0.4) is 0 Å². The smallest absolute Gasteiger partial charge is 0.321 e. The first-order valence-electron chi connectivity index (χ1n) is 7.93. The minimum Gasteiger partial charge on any atom is -0.391 e. The van der Waals surface area contributed by atoms with Crippen LogP contribution in [0, 0.1) is 5.92 Å². The molecular formula is C17H26N2O2. The van der Waals surface area contributed by atoms with Crippen molar-refractivity contribution in [2.75, 3.05) is 18.4 Å². The maximum absolute atomic E-state index is 12.2. The second-order valence-electron chi connectivity index (χ2n) is 6.01. The van der Waals surface area contributed by atoms with E-state index in [4.69, 9.17) is 0 Å². The first kappa shape index (κ1) is 15.8. The maximum Gasteiger partial charge on any atom is 0.321 e. The molecule has 2 amide bonds. The number of likely N-dealkylation sites (tertiary alicyclic amines) is 1. The molecule has 116 valence electrons. The van der Waals surface area contributed by atoms with Crippen molar-refractivity contribution in [2.24, 2.45) is 5.92 Å². The normalized spacial score (nSPS) is 22.1. The summed E-state index contributed by atoms with van der Waals surface area (Å²) < 4.78 is 0. The zero-order chi connectivity index (χ0) is 15.2. The van der Waals surface area contributed by atoms with E-state index in [-0.39, 0.29) is 11.9 Å². The number of aliphatic hydroxyl groups is 1. The highest BCUT2D eigenvalue weighted by molar-refractivity contribution is 5.89. The number of hydrogen-bond donors (Lipinski definition) is 2. The summed E-state index contributed by atoms with van der Waals surface area (Å²) in [6.07, 6.45) is 3.90. The van der Waals surface area contributed by atoms with Crippen LogP contribution < -0.4 is 5.32 Å². The third kappa shape index (κ3) is 4.46. The van der Waals surface area contributed by atoms with Crippen molar-refractivity contribution < 1.29 is 9.90 Å². The van der Waals surface area contributed by atoms with Gasteiger partial charge in [-0.2, -0.15) is 0 Å². The molecule has 4 nitrogen and oxygen atoms in total. The Hall–Kier alpha value is -1.55. The van der Waals surface area contributed by atoms with Gasteiger partial charge in [-0.05, 0) is 42.9 Å². The highest BCUT2D eigenvalue weighted by Crippen LogP contribution is 2.18. The third-order valence-corrected chi connectivity index (χ3v) is 4.23. The summed E-state index contributed by atoms with van der Waals surface area (Å²) in [5, 5.41) is 12.8. The summed E-state index contributed by atoms with van der Waals surface area (Å²) in [5.41, 5.74) is 2.12. The second-order valence-corrected chi connectivity index (χ2v) is 6.01. The van der Waals surface area contributed by atoms with Gasteiger partial charge in [-0.15, -0.1) is 0 Å². The number of carbonyl (C=O) groups is 1. The topological polar surface area (TPSA) is 52.6 Å². The van der Waals surface area contributed by atoms with Gasteiger partial charge in [0.1, 0.15) is 0 Å². The van der Waals surface area contributed by atoms with E-state index in [1.807, 2.05) is 19.1 Å². The fourth-order valence-corrected chi connectivity index (χ4v) is 2.57. The number of nitrogens with one attached hydrogen (secondary N) is 1. The maximum atomic E-state index is 12.2. The molecule has 1 aromatic carbocycles.